The van der Waals surface area contributed by atoms with Gasteiger partial charge in [0.25, 0.3) is 0 Å². The first kappa shape index (κ1) is 14.1. The number of aromatic nitrogens is 2. The first-order valence-electron chi connectivity index (χ1n) is 6.90. The number of fused-ring (bicyclic) bond motifs is 3. The molecule has 3 rings (SSSR count). The van der Waals surface area contributed by atoms with Gasteiger partial charge in [-0.05, 0) is 24.6 Å². The highest BCUT2D eigenvalue weighted by Gasteiger charge is 2.20. The molecule has 0 amide bonds. The van der Waals surface area contributed by atoms with Crippen molar-refractivity contribution >= 4 is 23.1 Å². The van der Waals surface area contributed by atoms with Gasteiger partial charge in [-0.1, -0.05) is 11.6 Å². The lowest BCUT2D eigenvalue weighted by atomic mass is 10.0. The van der Waals surface area contributed by atoms with Gasteiger partial charge in [0, 0.05) is 42.0 Å². The van der Waals surface area contributed by atoms with E-state index in [2.05, 4.69) is 15.3 Å². The molecule has 0 saturated carbocycles. The van der Waals surface area contributed by atoms with Gasteiger partial charge in [0.15, 0.2) is 0 Å². The van der Waals surface area contributed by atoms with Gasteiger partial charge in [-0.2, -0.15) is 0 Å². The fraction of sp³-hybridized carbons (Fsp3) is 0.333. The zero-order valence-electron chi connectivity index (χ0n) is 11.8. The Morgan fingerprint density at radius 2 is 2.24 bits per heavy atom. The van der Waals surface area contributed by atoms with Crippen molar-refractivity contribution in [1.82, 2.24) is 9.97 Å². The Hall–Kier alpha value is -1.85. The van der Waals surface area contributed by atoms with E-state index in [-0.39, 0.29) is 6.61 Å². The molecule has 6 heteroatoms. The highest BCUT2D eigenvalue weighted by Crippen LogP contribution is 2.36. The molecule has 2 N–H and O–H groups in total. The van der Waals surface area contributed by atoms with Gasteiger partial charge in [-0.15, -0.1) is 0 Å². The van der Waals surface area contributed by atoms with E-state index in [0.717, 1.165) is 41.3 Å². The lowest BCUT2D eigenvalue weighted by molar-refractivity contribution is 0.303. The van der Waals surface area contributed by atoms with Crippen LogP contribution in [0, 0.1) is 0 Å². The van der Waals surface area contributed by atoms with Crippen molar-refractivity contribution in [2.45, 2.75) is 6.42 Å². The standard InChI is InChI=1S/C15H17ClN4O/c1-20(6-7-21)15-12-4-5-17-13-8-10(16)2-3-11(13)14(12)18-9-19-15/h2-3,8-9,17,21H,4-7H2,1H3. The maximum Gasteiger partial charge on any atom is 0.135 e. The number of hydrogen-bond acceptors (Lipinski definition) is 5. The van der Waals surface area contributed by atoms with Crippen LogP contribution in [-0.2, 0) is 6.42 Å². The summed E-state index contributed by atoms with van der Waals surface area (Å²) in [6, 6.07) is 5.78. The average molecular weight is 305 g/mol. The van der Waals surface area contributed by atoms with Crippen molar-refractivity contribution < 1.29 is 5.11 Å². The Labute approximate surface area is 128 Å². The summed E-state index contributed by atoms with van der Waals surface area (Å²) < 4.78 is 0. The summed E-state index contributed by atoms with van der Waals surface area (Å²) in [6.45, 7) is 1.44. The minimum Gasteiger partial charge on any atom is -0.395 e. The molecule has 110 valence electrons. The fourth-order valence-corrected chi connectivity index (χ4v) is 2.81. The first-order valence-corrected chi connectivity index (χ1v) is 7.28. The van der Waals surface area contributed by atoms with Crippen LogP contribution < -0.4 is 10.2 Å². The number of rotatable bonds is 3. The van der Waals surface area contributed by atoms with Crippen molar-refractivity contribution in [2.75, 3.05) is 37.0 Å². The fourth-order valence-electron chi connectivity index (χ4n) is 2.64. The maximum atomic E-state index is 9.13. The van der Waals surface area contributed by atoms with E-state index in [1.807, 2.05) is 30.1 Å². The normalized spacial score (nSPS) is 12.9. The molecule has 0 radical (unpaired) electrons. The third kappa shape index (κ3) is 2.66. The molecule has 0 saturated heterocycles. The van der Waals surface area contributed by atoms with Crippen LogP contribution in [0.1, 0.15) is 5.56 Å². The van der Waals surface area contributed by atoms with Gasteiger partial charge in [0.1, 0.15) is 12.1 Å². The Morgan fingerprint density at radius 3 is 3.05 bits per heavy atom. The lowest BCUT2D eigenvalue weighted by Gasteiger charge is -2.20. The molecule has 0 bridgehead atoms. The van der Waals surface area contributed by atoms with E-state index in [1.165, 1.54) is 0 Å². The topological polar surface area (TPSA) is 61.3 Å². The van der Waals surface area contributed by atoms with Crippen LogP contribution in [0.5, 0.6) is 0 Å². The van der Waals surface area contributed by atoms with E-state index in [0.29, 0.717) is 11.6 Å². The van der Waals surface area contributed by atoms with Crippen LogP contribution in [-0.4, -0.2) is 41.8 Å². The average Bonchev–Trinajstić information content (AvgIpc) is 2.65. The summed E-state index contributed by atoms with van der Waals surface area (Å²) in [6.07, 6.45) is 2.40. The van der Waals surface area contributed by atoms with Crippen LogP contribution in [0.15, 0.2) is 24.5 Å². The van der Waals surface area contributed by atoms with E-state index < -0.39 is 0 Å². The van der Waals surface area contributed by atoms with Crippen molar-refractivity contribution in [2.24, 2.45) is 0 Å². The first-order chi connectivity index (χ1) is 10.2. The molecule has 0 unspecified atom stereocenters. The van der Waals surface area contributed by atoms with Crippen molar-refractivity contribution in [3.8, 4) is 11.3 Å². The second-order valence-electron chi connectivity index (χ2n) is 5.04. The minimum absolute atomic E-state index is 0.0969. The molecule has 1 aromatic heterocycles. The molecule has 21 heavy (non-hydrogen) atoms. The van der Waals surface area contributed by atoms with Crippen LogP contribution >= 0.6 is 11.6 Å². The molecule has 2 heterocycles. The highest BCUT2D eigenvalue weighted by molar-refractivity contribution is 6.31. The number of anilines is 2. The second-order valence-corrected chi connectivity index (χ2v) is 5.47. The number of aliphatic hydroxyl groups excluding tert-OH is 1. The van der Waals surface area contributed by atoms with E-state index in [1.54, 1.807) is 6.33 Å². The number of hydrogen-bond donors (Lipinski definition) is 2. The van der Waals surface area contributed by atoms with E-state index in [4.69, 9.17) is 16.7 Å². The largest absolute Gasteiger partial charge is 0.395 e. The summed E-state index contributed by atoms with van der Waals surface area (Å²) in [5, 5.41) is 13.2. The summed E-state index contributed by atoms with van der Waals surface area (Å²) in [4.78, 5) is 10.8. The summed E-state index contributed by atoms with van der Waals surface area (Å²) in [5.74, 6) is 0.874. The monoisotopic (exact) mass is 304 g/mol. The van der Waals surface area contributed by atoms with Crippen molar-refractivity contribution in [1.29, 1.82) is 0 Å². The van der Waals surface area contributed by atoms with Gasteiger partial charge in [-0.3, -0.25) is 0 Å². The predicted octanol–water partition coefficient (Wildman–Crippen LogP) is 2.19. The summed E-state index contributed by atoms with van der Waals surface area (Å²) in [7, 11) is 1.93. The van der Waals surface area contributed by atoms with Gasteiger partial charge >= 0.3 is 0 Å². The number of benzene rings is 1. The number of halogens is 1. The van der Waals surface area contributed by atoms with Gasteiger partial charge < -0.3 is 15.3 Å². The van der Waals surface area contributed by atoms with Gasteiger partial charge in [-0.25, -0.2) is 9.97 Å². The third-order valence-corrected chi connectivity index (χ3v) is 3.88. The highest BCUT2D eigenvalue weighted by atomic mass is 35.5. The van der Waals surface area contributed by atoms with Crippen LogP contribution in [0.2, 0.25) is 5.02 Å². The zero-order valence-corrected chi connectivity index (χ0v) is 12.6. The molecule has 1 aromatic carbocycles. The Kier molecular flexibility index (Phi) is 3.94. The number of likely N-dealkylation sites (N-methyl/N-ethyl adjacent to an activating group) is 1. The Bertz CT molecular complexity index is 662. The molecule has 5 nitrogen and oxygen atoms in total. The number of aliphatic hydroxyl groups is 1. The lowest BCUT2D eigenvalue weighted by Crippen LogP contribution is -2.24. The molecule has 0 spiro atoms. The minimum atomic E-state index is 0.0969. The molecule has 2 aromatic rings. The van der Waals surface area contributed by atoms with Crippen LogP contribution in [0.3, 0.4) is 0 Å². The number of nitrogens with one attached hydrogen (secondary N) is 1. The van der Waals surface area contributed by atoms with E-state index >= 15 is 0 Å². The number of nitrogens with zero attached hydrogens (tertiary/aromatic N) is 3. The maximum absolute atomic E-state index is 9.13. The third-order valence-electron chi connectivity index (χ3n) is 3.65. The molecule has 0 fully saturated rings. The van der Waals surface area contributed by atoms with Crippen LogP contribution in [0.4, 0.5) is 11.5 Å². The molecule has 0 aliphatic carbocycles. The van der Waals surface area contributed by atoms with Gasteiger partial charge in [0.2, 0.25) is 0 Å². The van der Waals surface area contributed by atoms with Crippen molar-refractivity contribution in [3.05, 3.63) is 35.1 Å². The molecule has 0 atom stereocenters. The molecule has 1 aliphatic heterocycles. The predicted molar refractivity (Wildman–Crippen MR) is 85.0 cm³/mol. The Balaban J connectivity index is 2.13. The van der Waals surface area contributed by atoms with Gasteiger partial charge in [0.05, 0.1) is 12.3 Å². The quantitative estimate of drug-likeness (QED) is 0.910. The SMILES string of the molecule is CN(CCO)c1ncnc2c1CCNc1cc(Cl)ccc1-2. The summed E-state index contributed by atoms with van der Waals surface area (Å²) >= 11 is 6.07. The molecule has 1 aliphatic rings. The molecular formula is C15H17ClN4O. The Morgan fingerprint density at radius 1 is 1.38 bits per heavy atom. The van der Waals surface area contributed by atoms with Crippen LogP contribution in [0.25, 0.3) is 11.3 Å². The smallest absolute Gasteiger partial charge is 0.135 e. The molecular weight excluding hydrogens is 288 g/mol. The second kappa shape index (κ2) is 5.87. The van der Waals surface area contributed by atoms with E-state index in [9.17, 15) is 0 Å². The van der Waals surface area contributed by atoms with Crippen molar-refractivity contribution in [3.63, 3.8) is 0 Å². The summed E-state index contributed by atoms with van der Waals surface area (Å²) in [5.41, 5.74) is 4.06. The zero-order chi connectivity index (χ0) is 14.8.